The zero-order chi connectivity index (χ0) is 10.3. The largest absolute Gasteiger partial charge is 0.303 e. The molecule has 80 valence electrons. The zero-order valence-electron chi connectivity index (χ0n) is 8.71. The Morgan fingerprint density at radius 2 is 1.69 bits per heavy atom. The van der Waals surface area contributed by atoms with E-state index in [1.165, 1.54) is 0 Å². The number of hydrogen-bond donors (Lipinski definition) is 1. The molecule has 13 heavy (non-hydrogen) atoms. The molecule has 0 aliphatic carbocycles. The zero-order valence-corrected chi connectivity index (χ0v) is 9.52. The van der Waals surface area contributed by atoms with Crippen molar-refractivity contribution < 1.29 is 8.42 Å². The Morgan fingerprint density at radius 1 is 1.15 bits per heavy atom. The third-order valence-electron chi connectivity index (χ3n) is 2.02. The van der Waals surface area contributed by atoms with E-state index in [0.717, 1.165) is 19.6 Å². The van der Waals surface area contributed by atoms with E-state index < -0.39 is 10.0 Å². The molecule has 0 bridgehead atoms. The van der Waals surface area contributed by atoms with Crippen molar-refractivity contribution in [2.24, 2.45) is 0 Å². The summed E-state index contributed by atoms with van der Waals surface area (Å²) < 4.78 is 24.6. The van der Waals surface area contributed by atoms with Crippen LogP contribution >= 0.6 is 0 Å². The van der Waals surface area contributed by atoms with Gasteiger partial charge in [0.15, 0.2) is 0 Å². The predicted octanol–water partition coefficient (Wildman–Crippen LogP) is 0.267. The van der Waals surface area contributed by atoms with Crippen LogP contribution in [0, 0.1) is 0 Å². The van der Waals surface area contributed by atoms with Crippen LogP contribution in [0.15, 0.2) is 0 Å². The molecular weight excluding hydrogens is 188 g/mol. The third kappa shape index (κ3) is 6.01. The summed E-state index contributed by atoms with van der Waals surface area (Å²) in [5.74, 6) is 0.158. The van der Waals surface area contributed by atoms with Crippen molar-refractivity contribution in [3.8, 4) is 0 Å². The summed E-state index contributed by atoms with van der Waals surface area (Å²) in [4.78, 5) is 2.18. The SMILES string of the molecule is CCN(CC)CCNS(=O)(=O)CC. The average Bonchev–Trinajstić information content (AvgIpc) is 2.12. The maximum absolute atomic E-state index is 11.0. The molecule has 0 saturated carbocycles. The van der Waals surface area contributed by atoms with E-state index in [4.69, 9.17) is 0 Å². The number of sulfonamides is 1. The summed E-state index contributed by atoms with van der Waals surface area (Å²) in [7, 11) is -3.01. The lowest BCUT2D eigenvalue weighted by Gasteiger charge is -2.17. The van der Waals surface area contributed by atoms with E-state index in [9.17, 15) is 8.42 Å². The van der Waals surface area contributed by atoms with E-state index in [2.05, 4.69) is 23.5 Å². The minimum absolute atomic E-state index is 0.158. The van der Waals surface area contributed by atoms with Crippen molar-refractivity contribution in [2.45, 2.75) is 20.8 Å². The van der Waals surface area contributed by atoms with E-state index >= 15 is 0 Å². The van der Waals surface area contributed by atoms with Crippen LogP contribution in [-0.2, 0) is 10.0 Å². The van der Waals surface area contributed by atoms with Crippen molar-refractivity contribution in [1.82, 2.24) is 9.62 Å². The molecule has 0 aromatic rings. The topological polar surface area (TPSA) is 49.4 Å². The molecular formula is C8H20N2O2S. The van der Waals surface area contributed by atoms with Gasteiger partial charge in [0.05, 0.1) is 5.75 Å². The van der Waals surface area contributed by atoms with Gasteiger partial charge in [-0.1, -0.05) is 13.8 Å². The van der Waals surface area contributed by atoms with Crippen molar-refractivity contribution in [2.75, 3.05) is 31.9 Å². The Balaban J connectivity index is 3.67. The monoisotopic (exact) mass is 208 g/mol. The molecule has 0 unspecified atom stereocenters. The molecule has 0 rings (SSSR count). The minimum atomic E-state index is -3.01. The highest BCUT2D eigenvalue weighted by atomic mass is 32.2. The molecule has 0 fully saturated rings. The molecule has 0 aliphatic rings. The van der Waals surface area contributed by atoms with Gasteiger partial charge in [0.25, 0.3) is 0 Å². The lowest BCUT2D eigenvalue weighted by molar-refractivity contribution is 0.309. The second kappa shape index (κ2) is 6.34. The normalized spacial score (nSPS) is 12.3. The number of nitrogens with zero attached hydrogens (tertiary/aromatic N) is 1. The standard InChI is InChI=1S/C8H20N2O2S/c1-4-10(5-2)8-7-9-13(11,12)6-3/h9H,4-8H2,1-3H3. The number of rotatable bonds is 7. The summed E-state index contributed by atoms with van der Waals surface area (Å²) >= 11 is 0. The molecule has 0 radical (unpaired) electrons. The van der Waals surface area contributed by atoms with Crippen LogP contribution in [0.5, 0.6) is 0 Å². The van der Waals surface area contributed by atoms with Gasteiger partial charge in [-0.2, -0.15) is 0 Å². The van der Waals surface area contributed by atoms with Crippen LogP contribution in [0.3, 0.4) is 0 Å². The van der Waals surface area contributed by atoms with Crippen LogP contribution in [-0.4, -0.2) is 45.2 Å². The minimum Gasteiger partial charge on any atom is -0.303 e. The van der Waals surface area contributed by atoms with E-state index in [1.807, 2.05) is 0 Å². The van der Waals surface area contributed by atoms with Crippen molar-refractivity contribution in [3.05, 3.63) is 0 Å². The van der Waals surface area contributed by atoms with Gasteiger partial charge < -0.3 is 4.90 Å². The van der Waals surface area contributed by atoms with Crippen LogP contribution in [0.25, 0.3) is 0 Å². The lowest BCUT2D eigenvalue weighted by atomic mass is 10.5. The highest BCUT2D eigenvalue weighted by molar-refractivity contribution is 7.89. The van der Waals surface area contributed by atoms with E-state index in [0.29, 0.717) is 6.54 Å². The van der Waals surface area contributed by atoms with Gasteiger partial charge in [-0.3, -0.25) is 0 Å². The fourth-order valence-electron chi connectivity index (χ4n) is 1.00. The smallest absolute Gasteiger partial charge is 0.211 e. The maximum Gasteiger partial charge on any atom is 0.211 e. The molecule has 0 heterocycles. The second-order valence-corrected chi connectivity index (χ2v) is 4.92. The highest BCUT2D eigenvalue weighted by Gasteiger charge is 2.05. The summed E-state index contributed by atoms with van der Waals surface area (Å²) in [5.41, 5.74) is 0. The fraction of sp³-hybridized carbons (Fsp3) is 1.00. The fourth-order valence-corrected chi connectivity index (χ4v) is 1.61. The first-order valence-electron chi connectivity index (χ1n) is 4.75. The molecule has 0 aromatic carbocycles. The molecule has 0 aromatic heterocycles. The molecule has 0 amide bonds. The predicted molar refractivity (Wildman–Crippen MR) is 55.3 cm³/mol. The van der Waals surface area contributed by atoms with Crippen LogP contribution < -0.4 is 4.72 Å². The number of nitrogens with one attached hydrogen (secondary N) is 1. The van der Waals surface area contributed by atoms with Gasteiger partial charge in [-0.15, -0.1) is 0 Å². The summed E-state index contributed by atoms with van der Waals surface area (Å²) in [6, 6.07) is 0. The Labute approximate surface area is 81.4 Å². The molecule has 1 N–H and O–H groups in total. The summed E-state index contributed by atoms with van der Waals surface area (Å²) in [6.07, 6.45) is 0. The number of likely N-dealkylation sites (N-methyl/N-ethyl adjacent to an activating group) is 1. The molecule has 0 saturated heterocycles. The first kappa shape index (κ1) is 12.9. The Hall–Kier alpha value is -0.130. The van der Waals surface area contributed by atoms with Gasteiger partial charge in [0, 0.05) is 13.1 Å². The molecule has 0 aliphatic heterocycles. The molecule has 5 heteroatoms. The van der Waals surface area contributed by atoms with Crippen LogP contribution in [0.4, 0.5) is 0 Å². The third-order valence-corrected chi connectivity index (χ3v) is 3.43. The van der Waals surface area contributed by atoms with E-state index in [-0.39, 0.29) is 5.75 Å². The highest BCUT2D eigenvalue weighted by Crippen LogP contribution is 1.86. The van der Waals surface area contributed by atoms with Crippen LogP contribution in [0.2, 0.25) is 0 Å². The van der Waals surface area contributed by atoms with Gasteiger partial charge >= 0.3 is 0 Å². The van der Waals surface area contributed by atoms with Crippen LogP contribution in [0.1, 0.15) is 20.8 Å². The van der Waals surface area contributed by atoms with E-state index in [1.54, 1.807) is 6.92 Å². The van der Waals surface area contributed by atoms with Gasteiger partial charge in [0.2, 0.25) is 10.0 Å². The maximum atomic E-state index is 11.0. The van der Waals surface area contributed by atoms with Crippen molar-refractivity contribution in [1.29, 1.82) is 0 Å². The second-order valence-electron chi connectivity index (χ2n) is 2.82. The van der Waals surface area contributed by atoms with Crippen molar-refractivity contribution in [3.63, 3.8) is 0 Å². The average molecular weight is 208 g/mol. The Morgan fingerprint density at radius 3 is 2.08 bits per heavy atom. The van der Waals surface area contributed by atoms with Gasteiger partial charge in [-0.25, -0.2) is 13.1 Å². The Kier molecular flexibility index (Phi) is 6.28. The van der Waals surface area contributed by atoms with Crippen molar-refractivity contribution >= 4 is 10.0 Å². The summed E-state index contributed by atoms with van der Waals surface area (Å²) in [5, 5.41) is 0. The van der Waals surface area contributed by atoms with Gasteiger partial charge in [0.1, 0.15) is 0 Å². The molecule has 0 atom stereocenters. The lowest BCUT2D eigenvalue weighted by Crippen LogP contribution is -2.35. The quantitative estimate of drug-likeness (QED) is 0.653. The molecule has 0 spiro atoms. The Bertz CT molecular complexity index is 210. The first-order valence-corrected chi connectivity index (χ1v) is 6.40. The first-order chi connectivity index (χ1) is 6.05. The van der Waals surface area contributed by atoms with Gasteiger partial charge in [-0.05, 0) is 20.0 Å². The summed E-state index contributed by atoms with van der Waals surface area (Å²) in [6.45, 7) is 8.99. The molecule has 4 nitrogen and oxygen atoms in total. The number of hydrogen-bond acceptors (Lipinski definition) is 3.